The van der Waals surface area contributed by atoms with Crippen molar-refractivity contribution < 1.29 is 0 Å². The first-order valence-electron chi connectivity index (χ1n) is 7.60. The summed E-state index contributed by atoms with van der Waals surface area (Å²) in [4.78, 5) is 0. The molecule has 1 fully saturated rings. The molecule has 1 heteroatoms. The quantitative estimate of drug-likeness (QED) is 0.698. The van der Waals surface area contributed by atoms with Gasteiger partial charge in [0.25, 0.3) is 0 Å². The van der Waals surface area contributed by atoms with E-state index in [1.54, 1.807) is 0 Å². The number of unbranched alkanes of at least 4 members (excludes halogenated alkanes) is 2. The Bertz CT molecular complexity index is 327. The van der Waals surface area contributed by atoms with E-state index in [2.05, 4.69) is 49.5 Å². The molecule has 1 nitrogen and oxygen atoms in total. The Morgan fingerprint density at radius 1 is 1.17 bits per heavy atom. The van der Waals surface area contributed by atoms with Gasteiger partial charge < -0.3 is 5.32 Å². The molecule has 0 radical (unpaired) electrons. The summed E-state index contributed by atoms with van der Waals surface area (Å²) in [5, 5.41) is 3.77. The third-order valence-corrected chi connectivity index (χ3v) is 4.17. The molecule has 1 unspecified atom stereocenters. The Kier molecular flexibility index (Phi) is 5.25. The topological polar surface area (TPSA) is 12.0 Å². The number of nitrogens with one attached hydrogen (secondary N) is 1. The van der Waals surface area contributed by atoms with Crippen molar-refractivity contribution in [1.82, 2.24) is 5.32 Å². The molecular weight excluding hydrogens is 218 g/mol. The van der Waals surface area contributed by atoms with Gasteiger partial charge in [-0.15, -0.1) is 0 Å². The van der Waals surface area contributed by atoms with Crippen LogP contribution in [0.25, 0.3) is 0 Å². The van der Waals surface area contributed by atoms with Crippen LogP contribution in [0.5, 0.6) is 0 Å². The predicted molar refractivity (Wildman–Crippen MR) is 78.9 cm³/mol. The standard InChI is InChI=1S/C17H27N/c1-3-4-6-9-14(2)18-17-12-16(13-17)15-10-7-5-8-11-15/h5,7-8,10-11,14,16-18H,3-4,6,9,12-13H2,1-2H3. The Hall–Kier alpha value is -0.820. The first-order chi connectivity index (χ1) is 8.79. The molecule has 18 heavy (non-hydrogen) atoms. The maximum absolute atomic E-state index is 3.77. The highest BCUT2D eigenvalue weighted by Gasteiger charge is 2.30. The van der Waals surface area contributed by atoms with Gasteiger partial charge in [-0.05, 0) is 37.7 Å². The van der Waals surface area contributed by atoms with Crippen LogP contribution in [0.15, 0.2) is 30.3 Å². The van der Waals surface area contributed by atoms with Crippen molar-refractivity contribution in [1.29, 1.82) is 0 Å². The minimum Gasteiger partial charge on any atom is -0.311 e. The van der Waals surface area contributed by atoms with E-state index in [0.717, 1.165) is 12.0 Å². The Morgan fingerprint density at radius 3 is 2.56 bits per heavy atom. The van der Waals surface area contributed by atoms with Crippen LogP contribution >= 0.6 is 0 Å². The van der Waals surface area contributed by atoms with Gasteiger partial charge >= 0.3 is 0 Å². The normalized spacial score (nSPS) is 24.6. The molecule has 1 aromatic carbocycles. The summed E-state index contributed by atoms with van der Waals surface area (Å²) >= 11 is 0. The van der Waals surface area contributed by atoms with Gasteiger partial charge in [0, 0.05) is 12.1 Å². The first kappa shape index (κ1) is 13.6. The van der Waals surface area contributed by atoms with E-state index in [1.807, 2.05) is 0 Å². The second kappa shape index (κ2) is 6.94. The summed E-state index contributed by atoms with van der Waals surface area (Å²) < 4.78 is 0. The third-order valence-electron chi connectivity index (χ3n) is 4.17. The largest absolute Gasteiger partial charge is 0.311 e. The Labute approximate surface area is 112 Å². The number of hydrogen-bond donors (Lipinski definition) is 1. The maximum Gasteiger partial charge on any atom is 0.00812 e. The lowest BCUT2D eigenvalue weighted by atomic mass is 9.75. The molecule has 1 N–H and O–H groups in total. The fourth-order valence-corrected chi connectivity index (χ4v) is 2.94. The molecule has 0 aliphatic heterocycles. The minimum atomic E-state index is 0.693. The molecule has 0 saturated heterocycles. The molecule has 1 aliphatic rings. The van der Waals surface area contributed by atoms with Gasteiger partial charge in [-0.3, -0.25) is 0 Å². The summed E-state index contributed by atoms with van der Waals surface area (Å²) in [5.74, 6) is 0.798. The summed E-state index contributed by atoms with van der Waals surface area (Å²) in [6, 6.07) is 12.4. The highest BCUT2D eigenvalue weighted by molar-refractivity contribution is 5.22. The van der Waals surface area contributed by atoms with Crippen LogP contribution in [0.4, 0.5) is 0 Å². The van der Waals surface area contributed by atoms with Gasteiger partial charge in [0.2, 0.25) is 0 Å². The molecule has 0 spiro atoms. The van der Waals surface area contributed by atoms with Crippen LogP contribution in [0.2, 0.25) is 0 Å². The van der Waals surface area contributed by atoms with E-state index in [-0.39, 0.29) is 0 Å². The highest BCUT2D eigenvalue weighted by atomic mass is 15.0. The number of rotatable bonds is 7. The average molecular weight is 245 g/mol. The van der Waals surface area contributed by atoms with Crippen molar-refractivity contribution in [3.8, 4) is 0 Å². The van der Waals surface area contributed by atoms with Crippen LogP contribution in [0, 0.1) is 0 Å². The molecule has 1 atom stereocenters. The van der Waals surface area contributed by atoms with Crippen LogP contribution in [0.3, 0.4) is 0 Å². The minimum absolute atomic E-state index is 0.693. The van der Waals surface area contributed by atoms with Gasteiger partial charge in [-0.25, -0.2) is 0 Å². The Morgan fingerprint density at radius 2 is 1.89 bits per heavy atom. The zero-order valence-electron chi connectivity index (χ0n) is 11.9. The van der Waals surface area contributed by atoms with Crippen molar-refractivity contribution in [2.45, 2.75) is 70.4 Å². The molecular formula is C17H27N. The fourth-order valence-electron chi connectivity index (χ4n) is 2.94. The van der Waals surface area contributed by atoms with Crippen molar-refractivity contribution in [2.24, 2.45) is 0 Å². The fraction of sp³-hybridized carbons (Fsp3) is 0.647. The summed E-state index contributed by atoms with van der Waals surface area (Å²) in [7, 11) is 0. The van der Waals surface area contributed by atoms with Crippen LogP contribution in [-0.2, 0) is 0 Å². The summed E-state index contributed by atoms with van der Waals surface area (Å²) in [6.07, 6.45) is 8.06. The zero-order valence-corrected chi connectivity index (χ0v) is 11.9. The molecule has 0 heterocycles. The van der Waals surface area contributed by atoms with Crippen molar-refractivity contribution in [3.63, 3.8) is 0 Å². The third kappa shape index (κ3) is 3.84. The molecule has 0 amide bonds. The van der Waals surface area contributed by atoms with E-state index >= 15 is 0 Å². The second-order valence-electron chi connectivity index (χ2n) is 5.84. The first-order valence-corrected chi connectivity index (χ1v) is 7.60. The van der Waals surface area contributed by atoms with E-state index in [9.17, 15) is 0 Å². The number of hydrogen-bond acceptors (Lipinski definition) is 1. The molecule has 100 valence electrons. The van der Waals surface area contributed by atoms with E-state index in [0.29, 0.717) is 6.04 Å². The lowest BCUT2D eigenvalue weighted by Gasteiger charge is -2.38. The van der Waals surface area contributed by atoms with Gasteiger partial charge in [0.15, 0.2) is 0 Å². The molecule has 2 rings (SSSR count). The van der Waals surface area contributed by atoms with E-state index in [1.165, 1.54) is 44.1 Å². The van der Waals surface area contributed by atoms with Crippen molar-refractivity contribution >= 4 is 0 Å². The maximum atomic E-state index is 3.77. The van der Waals surface area contributed by atoms with Crippen LogP contribution in [-0.4, -0.2) is 12.1 Å². The SMILES string of the molecule is CCCCCC(C)NC1CC(c2ccccc2)C1. The number of benzene rings is 1. The molecule has 1 aromatic rings. The highest BCUT2D eigenvalue weighted by Crippen LogP contribution is 2.36. The van der Waals surface area contributed by atoms with E-state index in [4.69, 9.17) is 0 Å². The molecule has 1 aliphatic carbocycles. The smallest absolute Gasteiger partial charge is 0.00812 e. The lowest BCUT2D eigenvalue weighted by Crippen LogP contribution is -2.44. The van der Waals surface area contributed by atoms with Gasteiger partial charge in [-0.2, -0.15) is 0 Å². The van der Waals surface area contributed by atoms with Crippen LogP contribution < -0.4 is 5.32 Å². The summed E-state index contributed by atoms with van der Waals surface area (Å²) in [6.45, 7) is 4.61. The monoisotopic (exact) mass is 245 g/mol. The summed E-state index contributed by atoms with van der Waals surface area (Å²) in [5.41, 5.74) is 1.52. The second-order valence-corrected chi connectivity index (χ2v) is 5.84. The van der Waals surface area contributed by atoms with Crippen LogP contribution in [0.1, 0.15) is 63.9 Å². The average Bonchev–Trinajstić information content (AvgIpc) is 2.35. The van der Waals surface area contributed by atoms with Crippen molar-refractivity contribution in [2.75, 3.05) is 0 Å². The molecule has 0 aromatic heterocycles. The molecule has 1 saturated carbocycles. The van der Waals surface area contributed by atoms with Gasteiger partial charge in [0.1, 0.15) is 0 Å². The van der Waals surface area contributed by atoms with Crippen molar-refractivity contribution in [3.05, 3.63) is 35.9 Å². The zero-order chi connectivity index (χ0) is 12.8. The molecule has 0 bridgehead atoms. The Balaban J connectivity index is 1.64. The lowest BCUT2D eigenvalue weighted by molar-refractivity contribution is 0.263. The van der Waals surface area contributed by atoms with E-state index < -0.39 is 0 Å². The van der Waals surface area contributed by atoms with Gasteiger partial charge in [0.05, 0.1) is 0 Å². The van der Waals surface area contributed by atoms with Gasteiger partial charge in [-0.1, -0.05) is 56.5 Å². The predicted octanol–water partition coefficient (Wildman–Crippen LogP) is 4.49.